The van der Waals surface area contributed by atoms with Crippen LogP contribution in [0, 0.1) is 0 Å². The van der Waals surface area contributed by atoms with Crippen molar-refractivity contribution in [3.8, 4) is 11.1 Å². The number of nitrogens with zero attached hydrogens (tertiary/aromatic N) is 2. The summed E-state index contributed by atoms with van der Waals surface area (Å²) in [5.74, 6) is 0.596. The standard InChI is InChI=1S/C20H16N4O.C4H11N/c25-13-16-6-2-8-21-19(16)23-11-14-4-1-5-15(10-14)18-12-24-20-17(18)7-3-9-22-20;1-4(2)5-3/h1-10,12-13H,11H2,(H,21,23)(H,22,24);4-5H,1-3H3. The van der Waals surface area contributed by atoms with Crippen molar-refractivity contribution < 1.29 is 4.79 Å². The molecule has 0 radical (unpaired) electrons. The van der Waals surface area contributed by atoms with Crippen LogP contribution in [0.1, 0.15) is 29.8 Å². The molecular weight excluding hydrogens is 374 g/mol. The molecule has 4 rings (SSSR count). The van der Waals surface area contributed by atoms with E-state index in [-0.39, 0.29) is 0 Å². The number of hydrogen-bond acceptors (Lipinski definition) is 5. The minimum atomic E-state index is 0.557. The Bertz CT molecular complexity index is 1100. The fraction of sp³-hybridized carbons (Fsp3) is 0.208. The monoisotopic (exact) mass is 401 g/mol. The lowest BCUT2D eigenvalue weighted by atomic mass is 10.0. The quantitative estimate of drug-likeness (QED) is 0.409. The van der Waals surface area contributed by atoms with Gasteiger partial charge in [0.25, 0.3) is 0 Å². The maximum Gasteiger partial charge on any atom is 0.153 e. The molecule has 3 N–H and O–H groups in total. The number of aromatic nitrogens is 3. The molecule has 154 valence electrons. The smallest absolute Gasteiger partial charge is 0.153 e. The van der Waals surface area contributed by atoms with Crippen LogP contribution in [0.2, 0.25) is 0 Å². The summed E-state index contributed by atoms with van der Waals surface area (Å²) in [6.45, 7) is 4.81. The first-order chi connectivity index (χ1) is 14.6. The first-order valence-corrected chi connectivity index (χ1v) is 9.95. The normalized spacial score (nSPS) is 10.5. The molecule has 0 aliphatic rings. The highest BCUT2D eigenvalue weighted by Crippen LogP contribution is 2.28. The molecule has 3 aromatic heterocycles. The van der Waals surface area contributed by atoms with Gasteiger partial charge in [-0.05, 0) is 48.5 Å². The molecule has 0 saturated heterocycles. The Morgan fingerprint density at radius 1 is 1.07 bits per heavy atom. The number of hydrogen-bond donors (Lipinski definition) is 3. The van der Waals surface area contributed by atoms with Gasteiger partial charge in [-0.3, -0.25) is 4.79 Å². The summed E-state index contributed by atoms with van der Waals surface area (Å²) in [6, 6.07) is 16.4. The number of aromatic amines is 1. The van der Waals surface area contributed by atoms with Gasteiger partial charge in [-0.1, -0.05) is 32.0 Å². The van der Waals surface area contributed by atoms with Crippen molar-refractivity contribution in [2.75, 3.05) is 12.4 Å². The SMILES string of the molecule is CNC(C)C.O=Cc1cccnc1NCc1cccc(-c2c[nH]c3ncccc23)c1. The van der Waals surface area contributed by atoms with E-state index in [1.165, 1.54) is 0 Å². The fourth-order valence-electron chi connectivity index (χ4n) is 2.89. The third-order valence-electron chi connectivity index (χ3n) is 4.69. The van der Waals surface area contributed by atoms with Gasteiger partial charge >= 0.3 is 0 Å². The lowest BCUT2D eigenvalue weighted by Gasteiger charge is -2.09. The number of anilines is 1. The van der Waals surface area contributed by atoms with E-state index in [1.807, 2.05) is 31.4 Å². The molecule has 0 aliphatic carbocycles. The molecular formula is C24H27N5O. The van der Waals surface area contributed by atoms with E-state index < -0.39 is 0 Å². The fourth-order valence-corrected chi connectivity index (χ4v) is 2.89. The Labute approximate surface area is 176 Å². The zero-order valence-corrected chi connectivity index (χ0v) is 17.5. The Morgan fingerprint density at radius 2 is 1.83 bits per heavy atom. The molecule has 0 fully saturated rings. The van der Waals surface area contributed by atoms with Crippen molar-refractivity contribution in [3.63, 3.8) is 0 Å². The predicted molar refractivity (Wildman–Crippen MR) is 123 cm³/mol. The third-order valence-corrected chi connectivity index (χ3v) is 4.69. The molecule has 6 nitrogen and oxygen atoms in total. The zero-order valence-electron chi connectivity index (χ0n) is 17.5. The van der Waals surface area contributed by atoms with Crippen LogP contribution >= 0.6 is 0 Å². The largest absolute Gasteiger partial charge is 0.365 e. The van der Waals surface area contributed by atoms with Crippen LogP contribution in [0.15, 0.2) is 67.1 Å². The molecule has 0 spiro atoms. The molecule has 0 aliphatic heterocycles. The van der Waals surface area contributed by atoms with E-state index >= 15 is 0 Å². The predicted octanol–water partition coefficient (Wildman–Crippen LogP) is 4.66. The number of fused-ring (bicyclic) bond motifs is 1. The van der Waals surface area contributed by atoms with Crippen LogP contribution in [0.5, 0.6) is 0 Å². The van der Waals surface area contributed by atoms with Crippen molar-refractivity contribution in [3.05, 3.63) is 78.2 Å². The number of nitrogens with one attached hydrogen (secondary N) is 3. The Kier molecular flexibility index (Phi) is 7.29. The molecule has 0 bridgehead atoms. The Hall–Kier alpha value is -3.51. The highest BCUT2D eigenvalue weighted by atomic mass is 16.1. The summed E-state index contributed by atoms with van der Waals surface area (Å²) in [5, 5.41) is 7.35. The van der Waals surface area contributed by atoms with Crippen LogP contribution < -0.4 is 10.6 Å². The average Bonchev–Trinajstić information content (AvgIpc) is 3.22. The lowest BCUT2D eigenvalue weighted by molar-refractivity contribution is 0.112. The van der Waals surface area contributed by atoms with Gasteiger partial charge in [0.05, 0.1) is 5.56 Å². The summed E-state index contributed by atoms with van der Waals surface area (Å²) in [5.41, 5.74) is 4.79. The van der Waals surface area contributed by atoms with Crippen molar-refractivity contribution in [1.29, 1.82) is 0 Å². The summed E-state index contributed by atoms with van der Waals surface area (Å²) in [6.07, 6.45) is 6.24. The van der Waals surface area contributed by atoms with E-state index in [0.717, 1.165) is 34.0 Å². The molecule has 0 unspecified atom stereocenters. The minimum absolute atomic E-state index is 0.557. The van der Waals surface area contributed by atoms with Crippen LogP contribution in [-0.2, 0) is 6.54 Å². The van der Waals surface area contributed by atoms with Gasteiger partial charge < -0.3 is 15.6 Å². The number of aldehydes is 1. The molecule has 6 heteroatoms. The zero-order chi connectivity index (χ0) is 21.3. The van der Waals surface area contributed by atoms with E-state index in [9.17, 15) is 4.79 Å². The summed E-state index contributed by atoms with van der Waals surface area (Å²) in [7, 11) is 1.95. The molecule has 0 atom stereocenters. The second-order valence-electron chi connectivity index (χ2n) is 7.16. The van der Waals surface area contributed by atoms with E-state index in [0.29, 0.717) is 24.0 Å². The second kappa shape index (κ2) is 10.3. The van der Waals surface area contributed by atoms with Crippen LogP contribution in [0.3, 0.4) is 0 Å². The number of benzene rings is 1. The maximum absolute atomic E-state index is 11.1. The lowest BCUT2D eigenvalue weighted by Crippen LogP contribution is -2.15. The van der Waals surface area contributed by atoms with Crippen LogP contribution in [0.4, 0.5) is 5.82 Å². The van der Waals surface area contributed by atoms with Gasteiger partial charge in [0, 0.05) is 42.1 Å². The highest BCUT2D eigenvalue weighted by molar-refractivity contribution is 5.93. The van der Waals surface area contributed by atoms with E-state index in [4.69, 9.17) is 0 Å². The number of pyridine rings is 2. The van der Waals surface area contributed by atoms with Crippen molar-refractivity contribution in [2.45, 2.75) is 26.4 Å². The Balaban J connectivity index is 0.000000461. The first kappa shape index (κ1) is 21.2. The molecule has 30 heavy (non-hydrogen) atoms. The highest BCUT2D eigenvalue weighted by Gasteiger charge is 2.07. The topological polar surface area (TPSA) is 82.7 Å². The molecule has 0 saturated carbocycles. The van der Waals surface area contributed by atoms with Gasteiger partial charge in [-0.15, -0.1) is 0 Å². The summed E-state index contributed by atoms with van der Waals surface area (Å²) < 4.78 is 0. The van der Waals surface area contributed by atoms with E-state index in [1.54, 1.807) is 24.5 Å². The molecule has 4 aromatic rings. The first-order valence-electron chi connectivity index (χ1n) is 9.95. The Morgan fingerprint density at radius 3 is 2.60 bits per heavy atom. The van der Waals surface area contributed by atoms with Crippen molar-refractivity contribution in [1.82, 2.24) is 20.3 Å². The van der Waals surface area contributed by atoms with Crippen molar-refractivity contribution in [2.24, 2.45) is 0 Å². The number of carbonyl (C=O) groups excluding carboxylic acids is 1. The van der Waals surface area contributed by atoms with Crippen LogP contribution in [0.25, 0.3) is 22.2 Å². The maximum atomic E-state index is 11.1. The average molecular weight is 402 g/mol. The van der Waals surface area contributed by atoms with Crippen molar-refractivity contribution >= 4 is 23.1 Å². The van der Waals surface area contributed by atoms with Gasteiger partial charge in [0.2, 0.25) is 0 Å². The minimum Gasteiger partial charge on any atom is -0.365 e. The van der Waals surface area contributed by atoms with Gasteiger partial charge in [-0.25, -0.2) is 9.97 Å². The molecule has 1 aromatic carbocycles. The van der Waals surface area contributed by atoms with Crippen LogP contribution in [-0.4, -0.2) is 34.3 Å². The second-order valence-corrected chi connectivity index (χ2v) is 7.16. The van der Waals surface area contributed by atoms with Gasteiger partial charge in [-0.2, -0.15) is 0 Å². The van der Waals surface area contributed by atoms with E-state index in [2.05, 4.69) is 57.6 Å². The number of H-pyrrole nitrogens is 1. The number of rotatable bonds is 6. The summed E-state index contributed by atoms with van der Waals surface area (Å²) in [4.78, 5) is 22.8. The number of carbonyl (C=O) groups is 1. The van der Waals surface area contributed by atoms with Gasteiger partial charge in [0.1, 0.15) is 11.5 Å². The summed E-state index contributed by atoms with van der Waals surface area (Å²) >= 11 is 0. The molecule has 3 heterocycles. The van der Waals surface area contributed by atoms with Gasteiger partial charge in [0.15, 0.2) is 6.29 Å². The molecule has 0 amide bonds. The third kappa shape index (κ3) is 5.30.